The fourth-order valence-corrected chi connectivity index (χ4v) is 5.21. The van der Waals surface area contributed by atoms with E-state index in [1.807, 2.05) is 64.9 Å². The number of amides is 3. The first-order valence-corrected chi connectivity index (χ1v) is 13.0. The predicted molar refractivity (Wildman–Crippen MR) is 138 cm³/mol. The normalized spacial score (nSPS) is 14.1. The lowest BCUT2D eigenvalue weighted by Crippen LogP contribution is -2.44. The van der Waals surface area contributed by atoms with Gasteiger partial charge in [0.05, 0.1) is 5.01 Å². The van der Waals surface area contributed by atoms with Gasteiger partial charge in [-0.3, -0.25) is 4.79 Å². The van der Waals surface area contributed by atoms with E-state index in [4.69, 9.17) is 0 Å². The van der Waals surface area contributed by atoms with Gasteiger partial charge in [0.1, 0.15) is 5.69 Å². The van der Waals surface area contributed by atoms with Crippen molar-refractivity contribution in [3.63, 3.8) is 0 Å². The summed E-state index contributed by atoms with van der Waals surface area (Å²) in [5.74, 6) is 0.0853. The lowest BCUT2D eigenvalue weighted by molar-refractivity contribution is 0.102. The van der Waals surface area contributed by atoms with Gasteiger partial charge in [-0.1, -0.05) is 68.3 Å². The number of rotatable bonds is 8. The molecule has 4 rings (SSSR count). The maximum atomic E-state index is 13.0. The number of thiazole rings is 1. The average molecular weight is 477 g/mol. The number of piperidine rings is 1. The standard InChI is InChI=1S/C27H32N4O2S/c1-2-3-9-16-28-27(33)31-17-14-21(15-18-31)26-30-24(19-34-26)25(32)29-23-13-8-7-12-22(23)20-10-5-4-6-11-20/h4-8,10-13,19,21H,2-3,9,14-18H2,1H3,(H,28,33)(H,29,32). The molecule has 6 nitrogen and oxygen atoms in total. The largest absolute Gasteiger partial charge is 0.338 e. The van der Waals surface area contributed by atoms with E-state index in [9.17, 15) is 9.59 Å². The van der Waals surface area contributed by atoms with Crippen molar-refractivity contribution in [2.75, 3.05) is 25.0 Å². The minimum absolute atomic E-state index is 0.0332. The minimum atomic E-state index is -0.199. The van der Waals surface area contributed by atoms with Crippen LogP contribution in [0.1, 0.15) is 60.4 Å². The van der Waals surface area contributed by atoms with Crippen molar-refractivity contribution in [2.45, 2.75) is 44.9 Å². The highest BCUT2D eigenvalue weighted by atomic mass is 32.1. The van der Waals surface area contributed by atoms with Crippen LogP contribution in [0.25, 0.3) is 11.1 Å². The van der Waals surface area contributed by atoms with Gasteiger partial charge in [0.2, 0.25) is 0 Å². The lowest BCUT2D eigenvalue weighted by Gasteiger charge is -2.31. The van der Waals surface area contributed by atoms with Gasteiger partial charge in [0, 0.05) is 42.2 Å². The first-order chi connectivity index (χ1) is 16.7. The van der Waals surface area contributed by atoms with Crippen LogP contribution in [0.15, 0.2) is 60.0 Å². The Morgan fingerprint density at radius 1 is 1.03 bits per heavy atom. The maximum Gasteiger partial charge on any atom is 0.317 e. The van der Waals surface area contributed by atoms with Crippen molar-refractivity contribution in [1.82, 2.24) is 15.2 Å². The highest BCUT2D eigenvalue weighted by molar-refractivity contribution is 7.10. The monoisotopic (exact) mass is 476 g/mol. The van der Waals surface area contributed by atoms with Gasteiger partial charge in [-0.05, 0) is 30.9 Å². The summed E-state index contributed by atoms with van der Waals surface area (Å²) in [6.45, 7) is 4.33. The molecule has 1 aliphatic rings. The van der Waals surface area contributed by atoms with Crippen LogP contribution < -0.4 is 10.6 Å². The fourth-order valence-electron chi connectivity index (χ4n) is 4.24. The van der Waals surface area contributed by atoms with Gasteiger partial charge in [-0.15, -0.1) is 11.3 Å². The van der Waals surface area contributed by atoms with E-state index in [2.05, 4.69) is 22.5 Å². The van der Waals surface area contributed by atoms with Crippen LogP contribution in [0.4, 0.5) is 10.5 Å². The zero-order valence-corrected chi connectivity index (χ0v) is 20.4. The summed E-state index contributed by atoms with van der Waals surface area (Å²) in [5.41, 5.74) is 3.25. The third-order valence-corrected chi connectivity index (χ3v) is 7.21. The SMILES string of the molecule is CCCCCNC(=O)N1CCC(c2nc(C(=O)Nc3ccccc3-c3ccccc3)cs2)CC1. The van der Waals surface area contributed by atoms with E-state index in [-0.39, 0.29) is 17.9 Å². The van der Waals surface area contributed by atoms with Crippen LogP contribution in [-0.2, 0) is 0 Å². The number of nitrogens with one attached hydrogen (secondary N) is 2. The van der Waals surface area contributed by atoms with Crippen LogP contribution >= 0.6 is 11.3 Å². The smallest absolute Gasteiger partial charge is 0.317 e. The molecule has 2 N–H and O–H groups in total. The van der Waals surface area contributed by atoms with Crippen molar-refractivity contribution in [3.8, 4) is 11.1 Å². The number of hydrogen-bond donors (Lipinski definition) is 2. The molecule has 0 spiro atoms. The van der Waals surface area contributed by atoms with E-state index >= 15 is 0 Å². The van der Waals surface area contributed by atoms with Crippen molar-refractivity contribution >= 4 is 29.0 Å². The molecule has 1 aromatic heterocycles. The molecule has 0 saturated carbocycles. The Morgan fingerprint density at radius 2 is 1.76 bits per heavy atom. The van der Waals surface area contributed by atoms with Gasteiger partial charge >= 0.3 is 6.03 Å². The summed E-state index contributed by atoms with van der Waals surface area (Å²) >= 11 is 1.53. The van der Waals surface area contributed by atoms with E-state index in [0.29, 0.717) is 5.69 Å². The summed E-state index contributed by atoms with van der Waals surface area (Å²) in [4.78, 5) is 31.9. The molecule has 2 heterocycles. The van der Waals surface area contributed by atoms with Gasteiger partial charge in [0.15, 0.2) is 0 Å². The second-order valence-corrected chi connectivity index (χ2v) is 9.53. The van der Waals surface area contributed by atoms with Crippen LogP contribution in [0, 0.1) is 0 Å². The number of hydrogen-bond acceptors (Lipinski definition) is 4. The third kappa shape index (κ3) is 6.03. The summed E-state index contributed by atoms with van der Waals surface area (Å²) in [6, 6.07) is 17.9. The van der Waals surface area contributed by atoms with Crippen molar-refractivity contribution < 1.29 is 9.59 Å². The summed E-state index contributed by atoms with van der Waals surface area (Å²) in [6.07, 6.45) is 5.05. The minimum Gasteiger partial charge on any atom is -0.338 e. The molecular weight excluding hydrogens is 444 g/mol. The molecular formula is C27H32N4O2S. The molecule has 0 unspecified atom stereocenters. The number of unbranched alkanes of at least 4 members (excludes halogenated alkanes) is 2. The fraction of sp³-hybridized carbons (Fsp3) is 0.370. The molecule has 1 aliphatic heterocycles. The molecule has 3 amide bonds. The molecule has 3 aromatic rings. The van der Waals surface area contributed by atoms with Crippen LogP contribution in [0.5, 0.6) is 0 Å². The Hall–Kier alpha value is -3.19. The summed E-state index contributed by atoms with van der Waals surface area (Å²) in [5, 5.41) is 8.87. The van der Waals surface area contributed by atoms with E-state index in [1.165, 1.54) is 11.3 Å². The molecule has 2 aromatic carbocycles. The summed E-state index contributed by atoms with van der Waals surface area (Å²) < 4.78 is 0. The molecule has 0 atom stereocenters. The highest BCUT2D eigenvalue weighted by Crippen LogP contribution is 2.31. The van der Waals surface area contributed by atoms with Gasteiger partial charge in [-0.25, -0.2) is 9.78 Å². The number of carbonyl (C=O) groups excluding carboxylic acids is 2. The lowest BCUT2D eigenvalue weighted by atomic mass is 9.98. The first kappa shape index (κ1) is 24.0. The zero-order valence-electron chi connectivity index (χ0n) is 19.6. The van der Waals surface area contributed by atoms with Crippen LogP contribution in [-0.4, -0.2) is 41.5 Å². The van der Waals surface area contributed by atoms with Crippen molar-refractivity contribution in [3.05, 3.63) is 70.7 Å². The Labute approximate surface area is 205 Å². The van der Waals surface area contributed by atoms with E-state index in [1.54, 1.807) is 0 Å². The molecule has 0 bridgehead atoms. The Kier molecular flexibility index (Phi) is 8.31. The van der Waals surface area contributed by atoms with Gasteiger partial charge in [-0.2, -0.15) is 0 Å². The highest BCUT2D eigenvalue weighted by Gasteiger charge is 2.26. The maximum absolute atomic E-state index is 13.0. The molecule has 7 heteroatoms. The average Bonchev–Trinajstić information content (AvgIpc) is 3.38. The number of para-hydroxylation sites is 1. The number of urea groups is 1. The number of anilines is 1. The molecule has 1 saturated heterocycles. The second kappa shape index (κ2) is 11.8. The first-order valence-electron chi connectivity index (χ1n) is 12.1. The Bertz CT molecular complexity index is 1090. The molecule has 0 radical (unpaired) electrons. The third-order valence-electron chi connectivity index (χ3n) is 6.20. The van der Waals surface area contributed by atoms with Crippen LogP contribution in [0.3, 0.4) is 0 Å². The summed E-state index contributed by atoms with van der Waals surface area (Å²) in [7, 11) is 0. The van der Waals surface area contributed by atoms with E-state index in [0.717, 1.165) is 73.6 Å². The predicted octanol–water partition coefficient (Wildman–Crippen LogP) is 6.14. The quantitative estimate of drug-likeness (QED) is 0.383. The van der Waals surface area contributed by atoms with Crippen LogP contribution in [0.2, 0.25) is 0 Å². The van der Waals surface area contributed by atoms with Gasteiger partial charge < -0.3 is 15.5 Å². The molecule has 0 aliphatic carbocycles. The van der Waals surface area contributed by atoms with Crippen molar-refractivity contribution in [2.24, 2.45) is 0 Å². The van der Waals surface area contributed by atoms with Gasteiger partial charge in [0.25, 0.3) is 5.91 Å². The second-order valence-electron chi connectivity index (χ2n) is 8.64. The molecule has 178 valence electrons. The number of aromatic nitrogens is 1. The molecule has 1 fully saturated rings. The molecule has 34 heavy (non-hydrogen) atoms. The number of nitrogens with zero attached hydrogens (tertiary/aromatic N) is 2. The number of carbonyl (C=O) groups is 2. The van der Waals surface area contributed by atoms with E-state index < -0.39 is 0 Å². The Balaban J connectivity index is 1.33. The number of benzene rings is 2. The Morgan fingerprint density at radius 3 is 2.53 bits per heavy atom. The zero-order chi connectivity index (χ0) is 23.8. The van der Waals surface area contributed by atoms with Crippen molar-refractivity contribution in [1.29, 1.82) is 0 Å². The number of likely N-dealkylation sites (tertiary alicyclic amines) is 1. The topological polar surface area (TPSA) is 74.3 Å².